The Labute approximate surface area is 209 Å². The summed E-state index contributed by atoms with van der Waals surface area (Å²) in [7, 11) is 1.65. The van der Waals surface area contributed by atoms with Gasteiger partial charge in [-0.15, -0.1) is 0 Å². The van der Waals surface area contributed by atoms with Crippen LogP contribution in [0.1, 0.15) is 56.8 Å². The van der Waals surface area contributed by atoms with Crippen molar-refractivity contribution in [1.29, 1.82) is 0 Å². The summed E-state index contributed by atoms with van der Waals surface area (Å²) in [6.07, 6.45) is 3.85. The molecule has 0 saturated carbocycles. The fourth-order valence-corrected chi connectivity index (χ4v) is 4.51. The molecule has 2 unspecified atom stereocenters. The number of hydrogen-bond donors (Lipinski definition) is 2. The molecule has 2 N–H and O–H groups in total. The van der Waals surface area contributed by atoms with Gasteiger partial charge >= 0.3 is 0 Å². The summed E-state index contributed by atoms with van der Waals surface area (Å²) >= 11 is 0. The van der Waals surface area contributed by atoms with Crippen molar-refractivity contribution in [2.24, 2.45) is 5.92 Å². The van der Waals surface area contributed by atoms with E-state index in [1.165, 1.54) is 11.0 Å². The van der Waals surface area contributed by atoms with Gasteiger partial charge in [0.05, 0.1) is 18.9 Å². The minimum absolute atomic E-state index is 0.0591. The first-order chi connectivity index (χ1) is 16.8. The minimum atomic E-state index is -0.344. The standard InChI is InChI=1S/C28H40FN3O3/c1-5-6-15-35-25-10-7-21(8-11-25)28(34)31(4)24-9-12-27(26(29)17-24)32-14-13-22(18-32)30-23(19-33)16-20(2)3/h7-12,17,20,22-23,30,33H,5-6,13-16,18-19H2,1-4H3. The average molecular weight is 486 g/mol. The summed E-state index contributed by atoms with van der Waals surface area (Å²) in [5.41, 5.74) is 1.57. The highest BCUT2D eigenvalue weighted by Crippen LogP contribution is 2.28. The second kappa shape index (κ2) is 12.9. The number of aliphatic hydroxyl groups excluding tert-OH is 1. The molecule has 1 aliphatic rings. The van der Waals surface area contributed by atoms with E-state index in [0.717, 1.165) is 38.0 Å². The third kappa shape index (κ3) is 7.42. The van der Waals surface area contributed by atoms with Crippen LogP contribution in [0.15, 0.2) is 42.5 Å². The third-order valence-electron chi connectivity index (χ3n) is 6.47. The average Bonchev–Trinajstić information content (AvgIpc) is 3.31. The molecule has 1 amide bonds. The van der Waals surface area contributed by atoms with Crippen molar-refractivity contribution in [3.8, 4) is 5.75 Å². The van der Waals surface area contributed by atoms with E-state index in [-0.39, 0.29) is 30.4 Å². The summed E-state index contributed by atoms with van der Waals surface area (Å²) in [5.74, 6) is 0.686. The SMILES string of the molecule is CCCCOc1ccc(C(=O)N(C)c2ccc(N3CCC(NC(CO)CC(C)C)C3)c(F)c2)cc1. The van der Waals surface area contributed by atoms with Crippen LogP contribution >= 0.6 is 0 Å². The van der Waals surface area contributed by atoms with Crippen molar-refractivity contribution in [2.45, 2.75) is 58.5 Å². The molecule has 1 aliphatic heterocycles. The molecule has 1 saturated heterocycles. The Hall–Kier alpha value is -2.64. The van der Waals surface area contributed by atoms with Gasteiger partial charge in [-0.25, -0.2) is 4.39 Å². The summed E-state index contributed by atoms with van der Waals surface area (Å²) in [4.78, 5) is 16.4. The number of amides is 1. The zero-order valence-electron chi connectivity index (χ0n) is 21.5. The summed E-state index contributed by atoms with van der Waals surface area (Å²) in [6, 6.07) is 12.3. The third-order valence-corrected chi connectivity index (χ3v) is 6.47. The maximum Gasteiger partial charge on any atom is 0.258 e. The number of rotatable bonds is 12. The van der Waals surface area contributed by atoms with Crippen molar-refractivity contribution in [1.82, 2.24) is 5.32 Å². The predicted octanol–water partition coefficient (Wildman–Crippen LogP) is 4.86. The molecule has 2 aromatic carbocycles. The lowest BCUT2D eigenvalue weighted by Crippen LogP contribution is -2.42. The Morgan fingerprint density at radius 2 is 2.00 bits per heavy atom. The van der Waals surface area contributed by atoms with Gasteiger partial charge in [0.25, 0.3) is 5.91 Å². The topological polar surface area (TPSA) is 65.0 Å². The first-order valence-corrected chi connectivity index (χ1v) is 12.7. The number of benzene rings is 2. The Bertz CT molecular complexity index is 951. The molecule has 0 radical (unpaired) electrons. The Morgan fingerprint density at radius 1 is 1.26 bits per heavy atom. The van der Waals surface area contributed by atoms with E-state index < -0.39 is 0 Å². The molecule has 192 valence electrons. The van der Waals surface area contributed by atoms with Gasteiger partial charge in [0.2, 0.25) is 0 Å². The highest BCUT2D eigenvalue weighted by atomic mass is 19.1. The van der Waals surface area contributed by atoms with Crippen LogP contribution < -0.4 is 19.9 Å². The molecule has 7 heteroatoms. The lowest BCUT2D eigenvalue weighted by molar-refractivity contribution is 0.0993. The van der Waals surface area contributed by atoms with Crippen molar-refractivity contribution >= 4 is 17.3 Å². The van der Waals surface area contributed by atoms with Gasteiger partial charge < -0.3 is 25.0 Å². The van der Waals surface area contributed by atoms with Gasteiger partial charge in [0.15, 0.2) is 0 Å². The van der Waals surface area contributed by atoms with Crippen LogP contribution in [0, 0.1) is 11.7 Å². The number of carbonyl (C=O) groups excluding carboxylic acids is 1. The van der Waals surface area contributed by atoms with Crippen LogP contribution in [0.3, 0.4) is 0 Å². The van der Waals surface area contributed by atoms with Gasteiger partial charge in [-0.2, -0.15) is 0 Å². The normalized spacial score (nSPS) is 16.5. The first-order valence-electron chi connectivity index (χ1n) is 12.7. The molecule has 6 nitrogen and oxygen atoms in total. The number of nitrogens with zero attached hydrogens (tertiary/aromatic N) is 2. The fraction of sp³-hybridized carbons (Fsp3) is 0.536. The van der Waals surface area contributed by atoms with Gasteiger partial charge in [0.1, 0.15) is 11.6 Å². The zero-order valence-corrected chi connectivity index (χ0v) is 21.5. The summed E-state index contributed by atoms with van der Waals surface area (Å²) in [6.45, 7) is 8.58. The number of anilines is 2. The fourth-order valence-electron chi connectivity index (χ4n) is 4.51. The highest BCUT2D eigenvalue weighted by Gasteiger charge is 2.27. The maximum absolute atomic E-state index is 15.1. The van der Waals surface area contributed by atoms with Gasteiger partial charge in [-0.05, 0) is 67.6 Å². The van der Waals surface area contributed by atoms with E-state index >= 15 is 4.39 Å². The van der Waals surface area contributed by atoms with E-state index in [1.54, 1.807) is 43.4 Å². The number of hydrogen-bond acceptors (Lipinski definition) is 5. The Balaban J connectivity index is 1.61. The molecule has 0 aliphatic carbocycles. The van der Waals surface area contributed by atoms with E-state index in [0.29, 0.717) is 36.0 Å². The van der Waals surface area contributed by atoms with Crippen LogP contribution in [0.5, 0.6) is 5.75 Å². The largest absolute Gasteiger partial charge is 0.494 e. The van der Waals surface area contributed by atoms with Crippen LogP contribution in [-0.4, -0.2) is 56.4 Å². The van der Waals surface area contributed by atoms with E-state index in [9.17, 15) is 9.90 Å². The predicted molar refractivity (Wildman–Crippen MR) is 140 cm³/mol. The number of unbranched alkanes of at least 4 members (excludes halogenated alkanes) is 1. The van der Waals surface area contributed by atoms with E-state index in [1.807, 2.05) is 4.90 Å². The zero-order chi connectivity index (χ0) is 25.4. The monoisotopic (exact) mass is 485 g/mol. The number of carbonyl (C=O) groups is 1. The van der Waals surface area contributed by atoms with Crippen LogP contribution in [-0.2, 0) is 0 Å². The number of aliphatic hydroxyl groups is 1. The van der Waals surface area contributed by atoms with Gasteiger partial charge in [-0.3, -0.25) is 4.79 Å². The molecule has 35 heavy (non-hydrogen) atoms. The molecule has 2 aromatic rings. The van der Waals surface area contributed by atoms with Gasteiger partial charge in [0, 0.05) is 43.5 Å². The second-order valence-electron chi connectivity index (χ2n) is 9.83. The first kappa shape index (κ1) is 27.0. The lowest BCUT2D eigenvalue weighted by Gasteiger charge is -2.25. The number of halogens is 1. The number of ether oxygens (including phenoxy) is 1. The Morgan fingerprint density at radius 3 is 2.63 bits per heavy atom. The van der Waals surface area contributed by atoms with Crippen molar-refractivity contribution in [2.75, 3.05) is 43.2 Å². The summed E-state index contributed by atoms with van der Waals surface area (Å²) < 4.78 is 20.8. The molecule has 0 spiro atoms. The van der Waals surface area contributed by atoms with Crippen molar-refractivity contribution < 1.29 is 19.0 Å². The molecule has 1 fully saturated rings. The molecule has 3 rings (SSSR count). The van der Waals surface area contributed by atoms with E-state index in [2.05, 4.69) is 26.1 Å². The van der Waals surface area contributed by atoms with Crippen molar-refractivity contribution in [3.63, 3.8) is 0 Å². The minimum Gasteiger partial charge on any atom is -0.494 e. The highest BCUT2D eigenvalue weighted by molar-refractivity contribution is 6.05. The molecular formula is C28H40FN3O3. The summed E-state index contributed by atoms with van der Waals surface area (Å²) in [5, 5.41) is 13.2. The van der Waals surface area contributed by atoms with Crippen LogP contribution in [0.4, 0.5) is 15.8 Å². The van der Waals surface area contributed by atoms with E-state index in [4.69, 9.17) is 4.74 Å². The Kier molecular flexibility index (Phi) is 9.93. The smallest absolute Gasteiger partial charge is 0.258 e. The quantitative estimate of drug-likeness (QED) is 0.421. The van der Waals surface area contributed by atoms with Crippen LogP contribution in [0.2, 0.25) is 0 Å². The molecule has 2 atom stereocenters. The lowest BCUT2D eigenvalue weighted by atomic mass is 10.0. The molecule has 0 aromatic heterocycles. The van der Waals surface area contributed by atoms with Gasteiger partial charge in [-0.1, -0.05) is 27.2 Å². The second-order valence-corrected chi connectivity index (χ2v) is 9.83. The van der Waals surface area contributed by atoms with Crippen molar-refractivity contribution in [3.05, 3.63) is 53.8 Å². The molecular weight excluding hydrogens is 445 g/mol. The van der Waals surface area contributed by atoms with Crippen LogP contribution in [0.25, 0.3) is 0 Å². The molecule has 1 heterocycles. The molecule has 0 bridgehead atoms. The number of nitrogens with one attached hydrogen (secondary N) is 1. The maximum atomic E-state index is 15.1.